The van der Waals surface area contributed by atoms with E-state index < -0.39 is 0 Å². The summed E-state index contributed by atoms with van der Waals surface area (Å²) in [5, 5.41) is 3.01. The van der Waals surface area contributed by atoms with Crippen molar-refractivity contribution in [1.82, 2.24) is 10.2 Å². The normalized spacial score (nSPS) is 28.3. The molecule has 3 aliphatic rings. The topological polar surface area (TPSA) is 49.4 Å². The number of carbonyl (C=O) groups is 2. The number of halogens is 1. The molecule has 26 heavy (non-hydrogen) atoms. The molecule has 4 nitrogen and oxygen atoms in total. The molecular formula is C21H27FN2O2. The molecule has 140 valence electrons. The molecule has 3 fully saturated rings. The van der Waals surface area contributed by atoms with Crippen molar-refractivity contribution >= 4 is 11.8 Å². The summed E-state index contributed by atoms with van der Waals surface area (Å²) < 4.78 is 13.0. The lowest BCUT2D eigenvalue weighted by molar-refractivity contribution is -0.133. The molecule has 4 rings (SSSR count). The summed E-state index contributed by atoms with van der Waals surface area (Å²) in [6, 6.07) is 5.67. The summed E-state index contributed by atoms with van der Waals surface area (Å²) in [7, 11) is 0. The van der Waals surface area contributed by atoms with Crippen molar-refractivity contribution in [3.8, 4) is 0 Å². The zero-order valence-corrected chi connectivity index (χ0v) is 15.1. The Kier molecular flexibility index (Phi) is 4.96. The number of benzene rings is 1. The molecule has 1 heterocycles. The van der Waals surface area contributed by atoms with Crippen LogP contribution in [0.1, 0.15) is 55.3 Å². The van der Waals surface area contributed by atoms with Crippen molar-refractivity contribution in [1.29, 1.82) is 0 Å². The highest BCUT2D eigenvalue weighted by atomic mass is 19.1. The fourth-order valence-corrected chi connectivity index (χ4v) is 5.12. The number of rotatable bonds is 4. The van der Waals surface area contributed by atoms with Crippen LogP contribution in [0.25, 0.3) is 0 Å². The third-order valence-corrected chi connectivity index (χ3v) is 6.61. The maximum absolute atomic E-state index is 13.0. The molecule has 0 spiro atoms. The van der Waals surface area contributed by atoms with Gasteiger partial charge in [-0.25, -0.2) is 4.39 Å². The van der Waals surface area contributed by atoms with E-state index >= 15 is 0 Å². The molecule has 0 radical (unpaired) electrons. The molecule has 5 heteroatoms. The number of nitrogens with zero attached hydrogens (tertiary/aromatic N) is 1. The van der Waals surface area contributed by atoms with Gasteiger partial charge in [0.25, 0.3) is 5.91 Å². The van der Waals surface area contributed by atoms with Crippen LogP contribution >= 0.6 is 0 Å². The average Bonchev–Trinajstić information content (AvgIpc) is 3.26. The Hall–Kier alpha value is -1.91. The van der Waals surface area contributed by atoms with Crippen LogP contribution in [0.5, 0.6) is 0 Å². The molecule has 2 aliphatic carbocycles. The number of amides is 2. The minimum absolute atomic E-state index is 0.0825. The maximum atomic E-state index is 13.0. The summed E-state index contributed by atoms with van der Waals surface area (Å²) in [4.78, 5) is 26.8. The molecule has 1 aromatic rings. The van der Waals surface area contributed by atoms with Gasteiger partial charge in [0, 0.05) is 31.1 Å². The number of likely N-dealkylation sites (tertiary alicyclic amines) is 1. The lowest BCUT2D eigenvalue weighted by atomic mass is 9.86. The van der Waals surface area contributed by atoms with E-state index in [0.717, 1.165) is 24.7 Å². The number of fused-ring (bicyclic) bond motifs is 2. The predicted molar refractivity (Wildman–Crippen MR) is 97.0 cm³/mol. The first-order valence-electron chi connectivity index (χ1n) is 9.92. The molecule has 1 saturated heterocycles. The number of carbonyl (C=O) groups excluding carboxylic acids is 2. The van der Waals surface area contributed by atoms with Crippen molar-refractivity contribution in [2.45, 2.75) is 51.0 Å². The smallest absolute Gasteiger partial charge is 0.251 e. The highest BCUT2D eigenvalue weighted by Crippen LogP contribution is 2.49. The molecule has 1 aliphatic heterocycles. The summed E-state index contributed by atoms with van der Waals surface area (Å²) in [6.45, 7) is 1.43. The van der Waals surface area contributed by atoms with Gasteiger partial charge in [-0.2, -0.15) is 0 Å². The minimum Gasteiger partial charge on any atom is -0.349 e. The van der Waals surface area contributed by atoms with Crippen molar-refractivity contribution in [2.24, 2.45) is 17.8 Å². The van der Waals surface area contributed by atoms with Gasteiger partial charge in [-0.1, -0.05) is 6.42 Å². The second kappa shape index (κ2) is 7.37. The van der Waals surface area contributed by atoms with E-state index in [9.17, 15) is 14.0 Å². The van der Waals surface area contributed by atoms with Crippen LogP contribution < -0.4 is 5.32 Å². The fourth-order valence-electron chi connectivity index (χ4n) is 5.12. The Morgan fingerprint density at radius 1 is 1.04 bits per heavy atom. The highest BCUT2D eigenvalue weighted by molar-refractivity contribution is 5.94. The average molecular weight is 358 g/mol. The third kappa shape index (κ3) is 3.76. The Morgan fingerprint density at radius 3 is 2.38 bits per heavy atom. The zero-order valence-electron chi connectivity index (χ0n) is 15.1. The Balaban J connectivity index is 1.23. The van der Waals surface area contributed by atoms with Crippen LogP contribution in [-0.2, 0) is 4.79 Å². The molecule has 1 N–H and O–H groups in total. The van der Waals surface area contributed by atoms with Crippen LogP contribution in [0.2, 0.25) is 0 Å². The monoisotopic (exact) mass is 358 g/mol. The van der Waals surface area contributed by atoms with E-state index in [2.05, 4.69) is 5.32 Å². The van der Waals surface area contributed by atoms with Gasteiger partial charge in [-0.05, 0) is 74.1 Å². The van der Waals surface area contributed by atoms with Crippen molar-refractivity contribution in [2.75, 3.05) is 13.1 Å². The molecule has 1 aromatic carbocycles. The lowest BCUT2D eigenvalue weighted by Gasteiger charge is -2.33. The molecule has 2 saturated carbocycles. The highest BCUT2D eigenvalue weighted by Gasteiger charge is 2.40. The minimum atomic E-state index is -0.344. The number of hydrogen-bond donors (Lipinski definition) is 1. The van der Waals surface area contributed by atoms with Gasteiger partial charge >= 0.3 is 0 Å². The van der Waals surface area contributed by atoms with Gasteiger partial charge in [0.05, 0.1) is 0 Å². The molecule has 3 unspecified atom stereocenters. The van der Waals surface area contributed by atoms with Crippen molar-refractivity contribution < 1.29 is 14.0 Å². The number of nitrogens with one attached hydrogen (secondary N) is 1. The van der Waals surface area contributed by atoms with Crippen molar-refractivity contribution in [3.05, 3.63) is 35.6 Å². The summed E-state index contributed by atoms with van der Waals surface area (Å²) in [6.07, 6.45) is 7.57. The van der Waals surface area contributed by atoms with Gasteiger partial charge in [0.1, 0.15) is 5.82 Å². The second-order valence-corrected chi connectivity index (χ2v) is 8.27. The van der Waals surface area contributed by atoms with Crippen molar-refractivity contribution in [3.63, 3.8) is 0 Å². The van der Waals surface area contributed by atoms with Gasteiger partial charge in [-0.3, -0.25) is 9.59 Å². The molecular weight excluding hydrogens is 331 g/mol. The first-order chi connectivity index (χ1) is 12.6. The van der Waals surface area contributed by atoms with E-state index in [4.69, 9.17) is 0 Å². The SMILES string of the molecule is O=C(NC1CCN(C(=O)CC2CC3CCC2C3)CC1)c1ccc(F)cc1. The van der Waals surface area contributed by atoms with Gasteiger partial charge in [0.15, 0.2) is 0 Å². The second-order valence-electron chi connectivity index (χ2n) is 8.27. The van der Waals surface area contributed by atoms with Gasteiger partial charge < -0.3 is 10.2 Å². The third-order valence-electron chi connectivity index (χ3n) is 6.61. The Bertz CT molecular complexity index is 667. The van der Waals surface area contributed by atoms with Crippen LogP contribution in [0.15, 0.2) is 24.3 Å². The standard InChI is InChI=1S/C21H27FN2O2/c22-18-5-3-15(4-6-18)21(26)23-19-7-9-24(10-8-19)20(25)13-17-12-14-1-2-16(17)11-14/h3-6,14,16-17,19H,1-2,7-13H2,(H,23,26). The summed E-state index contributed by atoms with van der Waals surface area (Å²) in [5.41, 5.74) is 0.473. The quantitative estimate of drug-likeness (QED) is 0.897. The van der Waals surface area contributed by atoms with E-state index in [1.165, 1.54) is 49.9 Å². The molecule has 2 amide bonds. The Morgan fingerprint density at radius 2 is 1.77 bits per heavy atom. The predicted octanol–water partition coefficient (Wildman–Crippen LogP) is 3.37. The van der Waals surface area contributed by atoms with Crippen LogP contribution in [0, 0.1) is 23.6 Å². The zero-order chi connectivity index (χ0) is 18.1. The van der Waals surface area contributed by atoms with Gasteiger partial charge in [-0.15, -0.1) is 0 Å². The summed E-state index contributed by atoms with van der Waals surface area (Å²) in [5.74, 6) is 2.06. The van der Waals surface area contributed by atoms with E-state index in [1.54, 1.807) is 0 Å². The number of piperidine rings is 1. The first-order valence-corrected chi connectivity index (χ1v) is 9.92. The van der Waals surface area contributed by atoms with E-state index in [0.29, 0.717) is 36.9 Å². The largest absolute Gasteiger partial charge is 0.349 e. The van der Waals surface area contributed by atoms with E-state index in [-0.39, 0.29) is 17.8 Å². The summed E-state index contributed by atoms with van der Waals surface area (Å²) >= 11 is 0. The fraction of sp³-hybridized carbons (Fsp3) is 0.619. The van der Waals surface area contributed by atoms with Crippen LogP contribution in [0.4, 0.5) is 4.39 Å². The van der Waals surface area contributed by atoms with Crippen LogP contribution in [-0.4, -0.2) is 35.8 Å². The maximum Gasteiger partial charge on any atom is 0.251 e. The molecule has 0 aromatic heterocycles. The Labute approximate surface area is 154 Å². The molecule has 2 bridgehead atoms. The molecule has 3 atom stereocenters. The van der Waals surface area contributed by atoms with Crippen LogP contribution in [0.3, 0.4) is 0 Å². The van der Waals surface area contributed by atoms with E-state index in [1.807, 2.05) is 4.90 Å². The first kappa shape index (κ1) is 17.5. The number of hydrogen-bond acceptors (Lipinski definition) is 2. The lowest BCUT2D eigenvalue weighted by Crippen LogP contribution is -2.47. The van der Waals surface area contributed by atoms with Gasteiger partial charge in [0.2, 0.25) is 5.91 Å².